The Bertz CT molecular complexity index is 693. The fourth-order valence-electron chi connectivity index (χ4n) is 3.33. The maximum atomic E-state index is 6.06. The molecule has 0 unspecified atom stereocenters. The highest BCUT2D eigenvalue weighted by molar-refractivity contribution is 7.15. The minimum Gasteiger partial charge on any atom is -0.373 e. The first kappa shape index (κ1) is 17.4. The van der Waals surface area contributed by atoms with Gasteiger partial charge in [0, 0.05) is 69.1 Å². The maximum Gasteiger partial charge on any atom is 0.185 e. The summed E-state index contributed by atoms with van der Waals surface area (Å²) < 4.78 is 8.01. The first-order valence-corrected chi connectivity index (χ1v) is 9.23. The number of nitrogens with zero attached hydrogens (tertiary/aromatic N) is 4. The number of aryl methyl sites for hydroxylation is 2. The van der Waals surface area contributed by atoms with Gasteiger partial charge in [0.2, 0.25) is 0 Å². The fourth-order valence-corrected chi connectivity index (χ4v) is 4.13. The molecule has 7 heteroatoms. The number of hydrogen-bond acceptors (Lipinski definition) is 6. The standard InChI is InChI=1S/C17H27N5OS/c1-11-15(12(2)22(5)20-11)16-13(6-7-23-16)8-18-9-14-10-19-17(24-14)21(3)4/h10,13,16,18H,6-9H2,1-5H3/t13-,16+/m0/s1. The van der Waals surface area contributed by atoms with Crippen LogP contribution in [0.1, 0.15) is 34.4 Å². The molecule has 1 N–H and O–H groups in total. The molecule has 0 spiro atoms. The largest absolute Gasteiger partial charge is 0.373 e. The summed E-state index contributed by atoms with van der Waals surface area (Å²) in [5.74, 6) is 0.493. The molecule has 24 heavy (non-hydrogen) atoms. The van der Waals surface area contributed by atoms with Gasteiger partial charge < -0.3 is 15.0 Å². The summed E-state index contributed by atoms with van der Waals surface area (Å²) in [5, 5.41) is 9.18. The molecule has 0 radical (unpaired) electrons. The quantitative estimate of drug-likeness (QED) is 0.868. The van der Waals surface area contributed by atoms with E-state index in [9.17, 15) is 0 Å². The van der Waals surface area contributed by atoms with Crippen LogP contribution >= 0.6 is 11.3 Å². The minimum atomic E-state index is 0.157. The monoisotopic (exact) mass is 349 g/mol. The van der Waals surface area contributed by atoms with Crippen molar-refractivity contribution in [1.29, 1.82) is 0 Å². The molecule has 1 fully saturated rings. The first-order chi connectivity index (χ1) is 11.5. The first-order valence-electron chi connectivity index (χ1n) is 8.41. The molecule has 1 aliphatic rings. The fraction of sp³-hybridized carbons (Fsp3) is 0.647. The Kier molecular flexibility index (Phi) is 5.22. The Morgan fingerprint density at radius 1 is 1.42 bits per heavy atom. The van der Waals surface area contributed by atoms with Crippen LogP contribution in [-0.2, 0) is 18.3 Å². The Morgan fingerprint density at radius 3 is 2.83 bits per heavy atom. The lowest BCUT2D eigenvalue weighted by Gasteiger charge is -2.19. The highest BCUT2D eigenvalue weighted by atomic mass is 32.1. The smallest absolute Gasteiger partial charge is 0.185 e. The van der Waals surface area contributed by atoms with Crippen molar-refractivity contribution in [3.8, 4) is 0 Å². The lowest BCUT2D eigenvalue weighted by atomic mass is 9.94. The normalized spacial score (nSPS) is 20.7. The van der Waals surface area contributed by atoms with Crippen molar-refractivity contribution in [1.82, 2.24) is 20.1 Å². The highest BCUT2D eigenvalue weighted by Gasteiger charge is 2.33. The Labute approximate surface area is 147 Å². The van der Waals surface area contributed by atoms with E-state index >= 15 is 0 Å². The van der Waals surface area contributed by atoms with Crippen molar-refractivity contribution >= 4 is 16.5 Å². The zero-order chi connectivity index (χ0) is 17.3. The Hall–Kier alpha value is -1.44. The number of thiazole rings is 1. The van der Waals surface area contributed by atoms with Crippen molar-refractivity contribution in [3.05, 3.63) is 28.0 Å². The third-order valence-electron chi connectivity index (χ3n) is 4.69. The number of nitrogens with one attached hydrogen (secondary N) is 1. The maximum absolute atomic E-state index is 6.06. The summed E-state index contributed by atoms with van der Waals surface area (Å²) in [6.07, 6.45) is 3.22. The van der Waals surface area contributed by atoms with E-state index in [-0.39, 0.29) is 6.10 Å². The topological polar surface area (TPSA) is 55.2 Å². The van der Waals surface area contributed by atoms with Crippen molar-refractivity contribution in [2.75, 3.05) is 32.1 Å². The van der Waals surface area contributed by atoms with Crippen LogP contribution in [0.5, 0.6) is 0 Å². The number of aromatic nitrogens is 3. The minimum absolute atomic E-state index is 0.157. The molecule has 1 aliphatic heterocycles. The second kappa shape index (κ2) is 7.21. The molecular weight excluding hydrogens is 322 g/mol. The van der Waals surface area contributed by atoms with E-state index in [1.807, 2.05) is 36.9 Å². The van der Waals surface area contributed by atoms with Gasteiger partial charge in [-0.15, -0.1) is 11.3 Å². The average Bonchev–Trinajstić information content (AvgIpc) is 3.22. The molecule has 132 valence electrons. The van der Waals surface area contributed by atoms with Gasteiger partial charge in [-0.1, -0.05) is 0 Å². The molecule has 2 aromatic heterocycles. The number of ether oxygens (including phenoxy) is 1. The Balaban J connectivity index is 1.60. The van der Waals surface area contributed by atoms with Crippen LogP contribution in [-0.4, -0.2) is 42.0 Å². The van der Waals surface area contributed by atoms with E-state index in [1.54, 1.807) is 11.3 Å². The summed E-state index contributed by atoms with van der Waals surface area (Å²) in [6, 6.07) is 0. The van der Waals surface area contributed by atoms with Gasteiger partial charge in [0.25, 0.3) is 0 Å². The second-order valence-corrected chi connectivity index (χ2v) is 7.78. The third kappa shape index (κ3) is 3.48. The highest BCUT2D eigenvalue weighted by Crippen LogP contribution is 2.37. The molecule has 0 aliphatic carbocycles. The second-order valence-electron chi connectivity index (χ2n) is 6.68. The van der Waals surface area contributed by atoms with E-state index in [0.29, 0.717) is 5.92 Å². The van der Waals surface area contributed by atoms with E-state index < -0.39 is 0 Å². The molecule has 6 nitrogen and oxygen atoms in total. The van der Waals surface area contributed by atoms with Gasteiger partial charge in [-0.05, 0) is 20.3 Å². The van der Waals surface area contributed by atoms with Crippen molar-refractivity contribution < 1.29 is 4.74 Å². The molecule has 0 saturated carbocycles. The molecule has 2 aromatic rings. The molecule has 0 bridgehead atoms. The number of anilines is 1. The molecule has 1 saturated heterocycles. The van der Waals surface area contributed by atoms with E-state index in [2.05, 4.69) is 29.2 Å². The van der Waals surface area contributed by atoms with Gasteiger partial charge in [0.1, 0.15) is 0 Å². The summed E-state index contributed by atoms with van der Waals surface area (Å²) >= 11 is 1.74. The Morgan fingerprint density at radius 2 is 2.21 bits per heavy atom. The van der Waals surface area contributed by atoms with Crippen LogP contribution in [0.25, 0.3) is 0 Å². The van der Waals surface area contributed by atoms with Gasteiger partial charge in [-0.2, -0.15) is 5.10 Å². The zero-order valence-electron chi connectivity index (χ0n) is 15.2. The number of rotatable bonds is 6. The van der Waals surface area contributed by atoms with Crippen molar-refractivity contribution in [3.63, 3.8) is 0 Å². The molecule has 3 rings (SSSR count). The zero-order valence-corrected chi connectivity index (χ0v) is 16.0. The predicted molar refractivity (Wildman–Crippen MR) is 97.6 cm³/mol. The SMILES string of the molecule is Cc1nn(C)c(C)c1[C@@H]1OCC[C@H]1CNCc1cnc(N(C)C)s1. The van der Waals surface area contributed by atoms with Crippen LogP contribution in [0.3, 0.4) is 0 Å². The summed E-state index contributed by atoms with van der Waals surface area (Å²) in [6.45, 7) is 6.85. The van der Waals surface area contributed by atoms with E-state index in [1.165, 1.54) is 16.1 Å². The van der Waals surface area contributed by atoms with Crippen LogP contribution in [0.15, 0.2) is 6.20 Å². The lowest BCUT2D eigenvalue weighted by molar-refractivity contribution is 0.0894. The lowest BCUT2D eigenvalue weighted by Crippen LogP contribution is -2.24. The molecular formula is C17H27N5OS. The molecule has 2 atom stereocenters. The summed E-state index contributed by atoms with van der Waals surface area (Å²) in [7, 11) is 6.05. The van der Waals surface area contributed by atoms with Crippen molar-refractivity contribution in [2.24, 2.45) is 13.0 Å². The number of hydrogen-bond donors (Lipinski definition) is 1. The van der Waals surface area contributed by atoms with Crippen LogP contribution in [0.4, 0.5) is 5.13 Å². The third-order valence-corrected chi connectivity index (χ3v) is 5.86. The van der Waals surface area contributed by atoms with Gasteiger partial charge in [0.15, 0.2) is 5.13 Å². The molecule has 0 amide bonds. The van der Waals surface area contributed by atoms with Gasteiger partial charge in [0.05, 0.1) is 11.8 Å². The van der Waals surface area contributed by atoms with Crippen LogP contribution in [0.2, 0.25) is 0 Å². The van der Waals surface area contributed by atoms with Gasteiger partial charge in [-0.25, -0.2) is 4.98 Å². The van der Waals surface area contributed by atoms with Crippen molar-refractivity contribution in [2.45, 2.75) is 32.9 Å². The summed E-state index contributed by atoms with van der Waals surface area (Å²) in [5.41, 5.74) is 3.57. The molecule has 3 heterocycles. The average molecular weight is 350 g/mol. The van der Waals surface area contributed by atoms with Gasteiger partial charge in [-0.3, -0.25) is 4.68 Å². The van der Waals surface area contributed by atoms with Gasteiger partial charge >= 0.3 is 0 Å². The molecule has 0 aromatic carbocycles. The van der Waals surface area contributed by atoms with Crippen LogP contribution in [0, 0.1) is 19.8 Å². The summed E-state index contributed by atoms with van der Waals surface area (Å²) in [4.78, 5) is 7.73. The van der Waals surface area contributed by atoms with E-state index in [4.69, 9.17) is 4.74 Å². The predicted octanol–water partition coefficient (Wildman–Crippen LogP) is 2.43. The van der Waals surface area contributed by atoms with Crippen LogP contribution < -0.4 is 10.2 Å². The van der Waals surface area contributed by atoms with E-state index in [0.717, 1.165) is 36.9 Å².